The van der Waals surface area contributed by atoms with Crippen molar-refractivity contribution in [2.45, 2.75) is 19.3 Å². The van der Waals surface area contributed by atoms with Crippen LogP contribution in [0.15, 0.2) is 36.4 Å². The number of nitrogens with two attached hydrogens (primary N) is 1. The maximum atomic E-state index is 12.7. The van der Waals surface area contributed by atoms with Crippen LogP contribution in [0.5, 0.6) is 34.5 Å². The van der Waals surface area contributed by atoms with Crippen LogP contribution >= 0.6 is 0 Å². The predicted octanol–water partition coefficient (Wildman–Crippen LogP) is 2.33. The minimum absolute atomic E-state index is 0.0922. The highest BCUT2D eigenvalue weighted by atomic mass is 16.5. The van der Waals surface area contributed by atoms with Gasteiger partial charge in [0.25, 0.3) is 0 Å². The highest BCUT2D eigenvalue weighted by molar-refractivity contribution is 5.92. The third kappa shape index (κ3) is 8.93. The molecular formula is C27H35N3O8. The number of carbonyl (C=O) groups is 2. The smallest absolute Gasteiger partial charge is 0.246 e. The molecule has 0 aliphatic heterocycles. The van der Waals surface area contributed by atoms with E-state index in [4.69, 9.17) is 15.2 Å². The average molecular weight is 530 g/mol. The Balaban J connectivity index is 1.85. The molecule has 0 atom stereocenters. The van der Waals surface area contributed by atoms with E-state index in [-0.39, 0.29) is 46.3 Å². The largest absolute Gasteiger partial charge is 0.504 e. The van der Waals surface area contributed by atoms with Gasteiger partial charge >= 0.3 is 0 Å². The van der Waals surface area contributed by atoms with Gasteiger partial charge in [-0.25, -0.2) is 0 Å². The summed E-state index contributed by atoms with van der Waals surface area (Å²) >= 11 is 0. The second kappa shape index (κ2) is 15.0. The van der Waals surface area contributed by atoms with Crippen molar-refractivity contribution in [3.63, 3.8) is 0 Å². The van der Waals surface area contributed by atoms with Crippen molar-refractivity contribution in [1.82, 2.24) is 10.2 Å². The molecule has 2 rings (SSSR count). The average Bonchev–Trinajstić information content (AvgIpc) is 2.90. The van der Waals surface area contributed by atoms with Crippen LogP contribution in [0.3, 0.4) is 0 Å². The molecule has 2 aromatic rings. The summed E-state index contributed by atoms with van der Waals surface area (Å²) in [5.41, 5.74) is 6.58. The van der Waals surface area contributed by atoms with Gasteiger partial charge in [-0.1, -0.05) is 0 Å². The second-order valence-corrected chi connectivity index (χ2v) is 8.31. The van der Waals surface area contributed by atoms with E-state index in [1.54, 1.807) is 4.90 Å². The monoisotopic (exact) mass is 529 g/mol. The number of rotatable bonds is 14. The number of phenols is 4. The predicted molar refractivity (Wildman–Crippen MR) is 143 cm³/mol. The van der Waals surface area contributed by atoms with E-state index < -0.39 is 0 Å². The second-order valence-electron chi connectivity index (χ2n) is 8.31. The number of benzene rings is 2. The van der Waals surface area contributed by atoms with Gasteiger partial charge in [-0.05, 0) is 73.4 Å². The number of unbranched alkanes of at least 4 members (excludes halogenated alkanes) is 1. The van der Waals surface area contributed by atoms with Gasteiger partial charge in [-0.15, -0.1) is 0 Å². The molecule has 2 aromatic carbocycles. The Kier molecular flexibility index (Phi) is 11.8. The standard InChI is InChI=1S/C27H35N3O8/c1-37-22-16-18(14-20(31)26(22)35)6-8-24(33)29-11-3-4-12-30(13-5-10-28)25(34)9-7-19-15-21(32)27(36)23(17-19)38-2/h6-9,14-17,31-32,35-36H,3-5,10-13,28H2,1-2H3,(H,29,33)/b8-6+,9-7+. The first-order valence-corrected chi connectivity index (χ1v) is 12.0. The van der Waals surface area contributed by atoms with E-state index in [0.29, 0.717) is 56.6 Å². The summed E-state index contributed by atoms with van der Waals surface area (Å²) in [6.45, 7) is 1.77. The number of amides is 2. The van der Waals surface area contributed by atoms with Crippen LogP contribution in [0.1, 0.15) is 30.4 Å². The first kappa shape index (κ1) is 29.8. The van der Waals surface area contributed by atoms with Gasteiger partial charge in [0.15, 0.2) is 23.0 Å². The molecule has 0 saturated carbocycles. The molecule has 0 radical (unpaired) electrons. The highest BCUT2D eigenvalue weighted by Gasteiger charge is 2.12. The minimum atomic E-state index is -0.372. The molecule has 0 aliphatic rings. The van der Waals surface area contributed by atoms with Crippen LogP contribution in [0.25, 0.3) is 12.2 Å². The van der Waals surface area contributed by atoms with Crippen molar-refractivity contribution in [2.75, 3.05) is 40.4 Å². The van der Waals surface area contributed by atoms with Crippen molar-refractivity contribution < 1.29 is 39.5 Å². The lowest BCUT2D eigenvalue weighted by Gasteiger charge is -2.21. The molecule has 206 valence electrons. The number of nitrogens with one attached hydrogen (secondary N) is 1. The highest BCUT2D eigenvalue weighted by Crippen LogP contribution is 2.37. The van der Waals surface area contributed by atoms with Gasteiger partial charge in [0.2, 0.25) is 23.3 Å². The lowest BCUT2D eigenvalue weighted by Crippen LogP contribution is -2.33. The van der Waals surface area contributed by atoms with E-state index in [9.17, 15) is 30.0 Å². The van der Waals surface area contributed by atoms with Gasteiger partial charge in [-0.3, -0.25) is 9.59 Å². The number of methoxy groups -OCH3 is 2. The number of aromatic hydroxyl groups is 4. The van der Waals surface area contributed by atoms with Crippen molar-refractivity contribution in [3.8, 4) is 34.5 Å². The Morgan fingerprint density at radius 2 is 1.37 bits per heavy atom. The van der Waals surface area contributed by atoms with Gasteiger partial charge in [0, 0.05) is 31.8 Å². The van der Waals surface area contributed by atoms with Crippen molar-refractivity contribution in [1.29, 1.82) is 0 Å². The number of hydrogen-bond acceptors (Lipinski definition) is 9. The lowest BCUT2D eigenvalue weighted by atomic mass is 10.1. The molecule has 11 heteroatoms. The zero-order chi connectivity index (χ0) is 28.1. The molecule has 7 N–H and O–H groups in total. The first-order chi connectivity index (χ1) is 18.2. The Morgan fingerprint density at radius 1 is 0.842 bits per heavy atom. The van der Waals surface area contributed by atoms with Crippen LogP contribution in [0.4, 0.5) is 0 Å². The fourth-order valence-electron chi connectivity index (χ4n) is 3.49. The molecule has 0 spiro atoms. The van der Waals surface area contributed by atoms with Crippen molar-refractivity contribution in [3.05, 3.63) is 47.5 Å². The molecule has 11 nitrogen and oxygen atoms in total. The Labute approximate surface area is 221 Å². The molecule has 0 unspecified atom stereocenters. The third-order valence-corrected chi connectivity index (χ3v) is 5.54. The molecule has 0 bridgehead atoms. The molecule has 0 heterocycles. The summed E-state index contributed by atoms with van der Waals surface area (Å²) < 4.78 is 9.99. The van der Waals surface area contributed by atoms with Gasteiger partial charge < -0.3 is 45.9 Å². The summed E-state index contributed by atoms with van der Waals surface area (Å²) in [5.74, 6) is -1.83. The summed E-state index contributed by atoms with van der Waals surface area (Å²) in [4.78, 5) is 26.5. The molecule has 0 aliphatic carbocycles. The van der Waals surface area contributed by atoms with Crippen LogP contribution in [0, 0.1) is 0 Å². The van der Waals surface area contributed by atoms with E-state index in [1.165, 1.54) is 62.8 Å². The lowest BCUT2D eigenvalue weighted by molar-refractivity contribution is -0.126. The van der Waals surface area contributed by atoms with E-state index in [1.807, 2.05) is 0 Å². The maximum absolute atomic E-state index is 12.7. The zero-order valence-electron chi connectivity index (χ0n) is 21.5. The van der Waals surface area contributed by atoms with Crippen molar-refractivity contribution >= 4 is 24.0 Å². The molecule has 0 saturated heterocycles. The van der Waals surface area contributed by atoms with Crippen LogP contribution in [-0.4, -0.2) is 77.5 Å². The topological polar surface area (TPSA) is 175 Å². The summed E-state index contributed by atoms with van der Waals surface area (Å²) in [6.07, 6.45) is 7.60. The quantitative estimate of drug-likeness (QED) is 0.122. The number of hydrogen-bond donors (Lipinski definition) is 6. The Bertz CT molecular complexity index is 1160. The normalized spacial score (nSPS) is 11.1. The molecular weight excluding hydrogens is 494 g/mol. The van der Waals surface area contributed by atoms with Crippen LogP contribution < -0.4 is 20.5 Å². The molecule has 38 heavy (non-hydrogen) atoms. The number of phenolic OH excluding ortho intramolecular Hbond substituents is 4. The number of nitrogens with zero attached hydrogens (tertiary/aromatic N) is 1. The number of ether oxygens (including phenoxy) is 2. The van der Waals surface area contributed by atoms with Gasteiger partial charge in [-0.2, -0.15) is 0 Å². The third-order valence-electron chi connectivity index (χ3n) is 5.54. The maximum Gasteiger partial charge on any atom is 0.246 e. The minimum Gasteiger partial charge on any atom is -0.504 e. The Morgan fingerprint density at radius 3 is 1.89 bits per heavy atom. The summed E-state index contributed by atoms with van der Waals surface area (Å²) in [6, 6.07) is 5.62. The van der Waals surface area contributed by atoms with E-state index in [2.05, 4.69) is 5.32 Å². The van der Waals surface area contributed by atoms with Gasteiger partial charge in [0.1, 0.15) is 0 Å². The summed E-state index contributed by atoms with van der Waals surface area (Å²) in [7, 11) is 2.72. The van der Waals surface area contributed by atoms with Gasteiger partial charge in [0.05, 0.1) is 14.2 Å². The van der Waals surface area contributed by atoms with E-state index in [0.717, 1.165) is 0 Å². The Hall–Kier alpha value is -4.38. The molecule has 0 aromatic heterocycles. The molecule has 0 fully saturated rings. The summed E-state index contributed by atoms with van der Waals surface area (Å²) in [5, 5.41) is 41.7. The first-order valence-electron chi connectivity index (χ1n) is 12.0. The fraction of sp³-hybridized carbons (Fsp3) is 0.333. The fourth-order valence-corrected chi connectivity index (χ4v) is 3.49. The van der Waals surface area contributed by atoms with Crippen LogP contribution in [-0.2, 0) is 9.59 Å². The van der Waals surface area contributed by atoms with Crippen LogP contribution in [0.2, 0.25) is 0 Å². The van der Waals surface area contributed by atoms with E-state index >= 15 is 0 Å². The SMILES string of the molecule is COc1cc(/C=C/C(=O)NCCCCN(CCCN)C(=O)/C=C/c2cc(O)c(O)c(OC)c2)cc(O)c1O. The number of carbonyl (C=O) groups excluding carboxylic acids is 2. The molecule has 2 amide bonds. The van der Waals surface area contributed by atoms with Crippen molar-refractivity contribution in [2.24, 2.45) is 5.73 Å². The zero-order valence-corrected chi connectivity index (χ0v) is 21.5.